The summed E-state index contributed by atoms with van der Waals surface area (Å²) in [5, 5.41) is 0. The summed E-state index contributed by atoms with van der Waals surface area (Å²) in [5.74, 6) is 0.269. The molecule has 2 heteroatoms. The fraction of sp³-hybridized carbons (Fsp3) is 0.500. The Balaban J connectivity index is 2.82. The van der Waals surface area contributed by atoms with Gasteiger partial charge in [0.1, 0.15) is 0 Å². The normalized spacial score (nSPS) is 25.5. The van der Waals surface area contributed by atoms with Gasteiger partial charge in [-0.25, -0.2) is 0 Å². The maximum atomic E-state index is 5.15. The van der Waals surface area contributed by atoms with Crippen LogP contribution in [0.15, 0.2) is 12.2 Å². The topological polar surface area (TPSA) is 0 Å². The predicted octanol–water partition coefficient (Wildman–Crippen LogP) is 2.71. The van der Waals surface area contributed by atoms with Crippen molar-refractivity contribution in [3.05, 3.63) is 12.2 Å². The Labute approximate surface area is 72.3 Å². The van der Waals surface area contributed by atoms with Gasteiger partial charge in [0.2, 0.25) is 0 Å². The summed E-state index contributed by atoms with van der Waals surface area (Å²) in [6.45, 7) is 5.88. The molecule has 0 N–H and O–H groups in total. The molecule has 0 bridgehead atoms. The highest BCUT2D eigenvalue weighted by atomic mass is 32.1. The highest BCUT2D eigenvalue weighted by Crippen LogP contribution is 2.28. The van der Waals surface area contributed by atoms with Crippen molar-refractivity contribution in [1.82, 2.24) is 0 Å². The van der Waals surface area contributed by atoms with Crippen LogP contribution in [0.3, 0.4) is 0 Å². The first-order valence-electron chi connectivity index (χ1n) is 3.33. The Kier molecular flexibility index (Phi) is 2.32. The summed E-state index contributed by atoms with van der Waals surface area (Å²) in [4.78, 5) is 2.06. The second-order valence-corrected chi connectivity index (χ2v) is 3.84. The van der Waals surface area contributed by atoms with E-state index in [4.69, 9.17) is 24.4 Å². The number of rotatable bonds is 1. The molecule has 0 heterocycles. The van der Waals surface area contributed by atoms with Crippen molar-refractivity contribution < 1.29 is 0 Å². The molecule has 0 aromatic heterocycles. The van der Waals surface area contributed by atoms with Crippen molar-refractivity contribution in [2.45, 2.75) is 19.8 Å². The summed E-state index contributed by atoms with van der Waals surface area (Å²) < 4.78 is 0. The number of hydrogen-bond donors (Lipinski definition) is 0. The molecule has 0 aromatic carbocycles. The van der Waals surface area contributed by atoms with E-state index in [1.807, 2.05) is 6.92 Å². The third kappa shape index (κ3) is 1.32. The van der Waals surface area contributed by atoms with Crippen LogP contribution in [0.25, 0.3) is 0 Å². The van der Waals surface area contributed by atoms with Crippen LogP contribution in [-0.4, -0.2) is 9.73 Å². The van der Waals surface area contributed by atoms with Crippen molar-refractivity contribution in [2.24, 2.45) is 5.92 Å². The zero-order chi connectivity index (χ0) is 7.72. The minimum Gasteiger partial charge on any atom is -0.0989 e. The molecule has 1 aliphatic rings. The van der Waals surface area contributed by atoms with Gasteiger partial charge in [-0.05, 0) is 19.8 Å². The summed E-state index contributed by atoms with van der Waals surface area (Å²) in [6, 6.07) is 0. The van der Waals surface area contributed by atoms with Crippen molar-refractivity contribution >= 4 is 34.2 Å². The van der Waals surface area contributed by atoms with Gasteiger partial charge < -0.3 is 0 Å². The zero-order valence-corrected chi connectivity index (χ0v) is 7.65. The van der Waals surface area contributed by atoms with Crippen LogP contribution in [0.4, 0.5) is 0 Å². The van der Waals surface area contributed by atoms with Gasteiger partial charge in [-0.15, -0.1) is 0 Å². The molecule has 1 aliphatic carbocycles. The molecule has 0 nitrogen and oxygen atoms in total. The molecule has 54 valence electrons. The van der Waals surface area contributed by atoms with Gasteiger partial charge in [-0.3, -0.25) is 0 Å². The first-order chi connectivity index (χ1) is 4.63. The third-order valence-corrected chi connectivity index (χ3v) is 2.50. The Morgan fingerprint density at radius 2 is 2.20 bits per heavy atom. The van der Waals surface area contributed by atoms with Crippen molar-refractivity contribution in [1.29, 1.82) is 0 Å². The van der Waals surface area contributed by atoms with E-state index in [9.17, 15) is 0 Å². The van der Waals surface area contributed by atoms with Crippen LogP contribution in [0.1, 0.15) is 19.8 Å². The van der Waals surface area contributed by atoms with Crippen molar-refractivity contribution in [2.75, 3.05) is 0 Å². The van der Waals surface area contributed by atoms with E-state index >= 15 is 0 Å². The van der Waals surface area contributed by atoms with Gasteiger partial charge >= 0.3 is 0 Å². The SMILES string of the molecule is C=C1CCC(=S)C1C(C)=S. The number of thiocarbonyl (C=S) groups is 2. The highest BCUT2D eigenvalue weighted by molar-refractivity contribution is 7.82. The van der Waals surface area contributed by atoms with E-state index in [0.29, 0.717) is 0 Å². The number of allylic oxidation sites excluding steroid dienone is 1. The van der Waals surface area contributed by atoms with Crippen LogP contribution < -0.4 is 0 Å². The molecule has 1 atom stereocenters. The van der Waals surface area contributed by atoms with Crippen LogP contribution in [0.5, 0.6) is 0 Å². The van der Waals surface area contributed by atoms with E-state index in [2.05, 4.69) is 6.58 Å². The Morgan fingerprint density at radius 3 is 2.40 bits per heavy atom. The summed E-state index contributed by atoms with van der Waals surface area (Å²) in [5.41, 5.74) is 1.21. The van der Waals surface area contributed by atoms with Crippen molar-refractivity contribution in [3.8, 4) is 0 Å². The van der Waals surface area contributed by atoms with Crippen LogP contribution in [-0.2, 0) is 0 Å². The molecule has 0 radical (unpaired) electrons. The maximum Gasteiger partial charge on any atom is 0.0421 e. The second-order valence-electron chi connectivity index (χ2n) is 2.67. The lowest BCUT2D eigenvalue weighted by Crippen LogP contribution is -2.13. The highest BCUT2D eigenvalue weighted by Gasteiger charge is 2.25. The van der Waals surface area contributed by atoms with E-state index in [-0.39, 0.29) is 5.92 Å². The smallest absolute Gasteiger partial charge is 0.0421 e. The fourth-order valence-corrected chi connectivity index (χ4v) is 2.14. The monoisotopic (exact) mass is 170 g/mol. The number of hydrogen-bond acceptors (Lipinski definition) is 2. The van der Waals surface area contributed by atoms with Gasteiger partial charge in [0.25, 0.3) is 0 Å². The summed E-state index contributed by atoms with van der Waals surface area (Å²) in [6.07, 6.45) is 2.05. The van der Waals surface area contributed by atoms with Crippen LogP contribution in [0, 0.1) is 5.92 Å². The van der Waals surface area contributed by atoms with E-state index < -0.39 is 0 Å². The van der Waals surface area contributed by atoms with Gasteiger partial charge in [0.15, 0.2) is 0 Å². The largest absolute Gasteiger partial charge is 0.0989 e. The zero-order valence-electron chi connectivity index (χ0n) is 6.02. The molecular weight excluding hydrogens is 160 g/mol. The third-order valence-electron chi connectivity index (χ3n) is 1.83. The fourth-order valence-electron chi connectivity index (χ4n) is 1.31. The minimum absolute atomic E-state index is 0.269. The lowest BCUT2D eigenvalue weighted by Gasteiger charge is -2.07. The molecule has 0 spiro atoms. The van der Waals surface area contributed by atoms with Crippen molar-refractivity contribution in [3.63, 3.8) is 0 Å². The molecule has 0 aliphatic heterocycles. The van der Waals surface area contributed by atoms with Gasteiger partial charge in [0.05, 0.1) is 0 Å². The Hall–Kier alpha value is -0.0800. The first-order valence-corrected chi connectivity index (χ1v) is 4.15. The molecule has 1 saturated carbocycles. The van der Waals surface area contributed by atoms with E-state index in [0.717, 1.165) is 22.6 Å². The average molecular weight is 170 g/mol. The molecule has 1 fully saturated rings. The summed E-state index contributed by atoms with van der Waals surface area (Å²) in [7, 11) is 0. The Morgan fingerprint density at radius 1 is 1.60 bits per heavy atom. The van der Waals surface area contributed by atoms with Crippen LogP contribution >= 0.6 is 24.4 Å². The molecular formula is C8H10S2. The molecule has 0 aromatic rings. The Bertz CT molecular complexity index is 187. The van der Waals surface area contributed by atoms with Gasteiger partial charge in [-0.2, -0.15) is 0 Å². The molecule has 0 saturated heterocycles. The average Bonchev–Trinajstić information content (AvgIpc) is 2.11. The predicted molar refractivity (Wildman–Crippen MR) is 52.7 cm³/mol. The molecule has 10 heavy (non-hydrogen) atoms. The van der Waals surface area contributed by atoms with Gasteiger partial charge in [0, 0.05) is 15.6 Å². The quantitative estimate of drug-likeness (QED) is 0.438. The van der Waals surface area contributed by atoms with E-state index in [1.54, 1.807) is 0 Å². The maximum absolute atomic E-state index is 5.15. The second kappa shape index (κ2) is 2.89. The lowest BCUT2D eigenvalue weighted by molar-refractivity contribution is 1.05. The van der Waals surface area contributed by atoms with Gasteiger partial charge in [-0.1, -0.05) is 36.6 Å². The standard InChI is InChI=1S/C8H10S2/c1-5-3-4-7(10)8(5)6(2)9/h8H,1,3-4H2,2H3. The lowest BCUT2D eigenvalue weighted by atomic mass is 10.0. The molecule has 1 rings (SSSR count). The minimum atomic E-state index is 0.269. The van der Waals surface area contributed by atoms with Crippen LogP contribution in [0.2, 0.25) is 0 Å². The molecule has 1 unspecified atom stereocenters. The molecule has 0 amide bonds. The van der Waals surface area contributed by atoms with E-state index in [1.165, 1.54) is 5.57 Å². The summed E-state index contributed by atoms with van der Waals surface area (Å²) >= 11 is 10.2. The first kappa shape index (κ1) is 8.02.